The van der Waals surface area contributed by atoms with E-state index in [1.807, 2.05) is 0 Å². The van der Waals surface area contributed by atoms with E-state index in [0.29, 0.717) is 25.7 Å². The van der Waals surface area contributed by atoms with Crippen molar-refractivity contribution in [1.82, 2.24) is 0 Å². The molecular formula is C79H142O17P2. The quantitative estimate of drug-likeness (QED) is 0.0169. The Morgan fingerprint density at radius 2 is 0.531 bits per heavy atom. The number of allylic oxidation sites excluding steroid dienone is 12. The number of hydrogen-bond donors (Lipinski definition) is 3. The largest absolute Gasteiger partial charge is 0.472 e. The molecule has 0 rings (SSSR count). The number of ether oxygens (including phenoxy) is 4. The first kappa shape index (κ1) is 94.5. The van der Waals surface area contributed by atoms with Gasteiger partial charge in [0.1, 0.15) is 19.3 Å². The predicted molar refractivity (Wildman–Crippen MR) is 400 cm³/mol. The zero-order valence-electron chi connectivity index (χ0n) is 62.2. The molecule has 17 nitrogen and oxygen atoms in total. The van der Waals surface area contributed by atoms with Crippen LogP contribution >= 0.6 is 15.6 Å². The first-order chi connectivity index (χ1) is 47.7. The lowest BCUT2D eigenvalue weighted by Gasteiger charge is -2.21. The standard InChI is InChI=1S/C79H142O17P2/c1-5-9-13-17-21-25-29-32-34-35-36-37-39-42-45-48-52-56-60-64-77(82)90-70-75(96-79(84)66-62-58-54-50-46-40-31-27-23-19-15-11-7-3)72-94-98(87,88)92-68-73(80)67-91-97(85,86)93-71-74(95-78(83)65-61-57-53-49-43-28-24-20-16-12-8-4)69-89-76(81)63-59-55-51-47-44-41-38-33-30-26-22-18-14-10-6-2/h9,13,21-22,25-26,32-34,36-38,73-75,80H,5-8,10-12,14-20,23-24,27-31,35,39-72H2,1-4H3,(H,85,86)(H,87,88)/b13-9-,25-21-,26-22-,34-32-,37-36-,38-33-. The Kier molecular flexibility index (Phi) is 69.3. The number of aliphatic hydroxyl groups excluding tert-OH is 1. The highest BCUT2D eigenvalue weighted by atomic mass is 31.2. The molecular weight excluding hydrogens is 1280 g/mol. The van der Waals surface area contributed by atoms with Gasteiger partial charge in [-0.3, -0.25) is 37.3 Å². The number of phosphoric ester groups is 2. The van der Waals surface area contributed by atoms with Crippen LogP contribution in [0.25, 0.3) is 0 Å². The van der Waals surface area contributed by atoms with Gasteiger partial charge in [0.2, 0.25) is 0 Å². The topological polar surface area (TPSA) is 237 Å². The van der Waals surface area contributed by atoms with E-state index in [1.165, 1.54) is 109 Å². The minimum absolute atomic E-state index is 0.0967. The number of hydrogen-bond acceptors (Lipinski definition) is 15. The van der Waals surface area contributed by atoms with Crippen LogP contribution in [0.1, 0.15) is 349 Å². The molecule has 0 bridgehead atoms. The normalized spacial score (nSPS) is 14.3. The van der Waals surface area contributed by atoms with Gasteiger partial charge in [-0.05, 0) is 96.3 Å². The monoisotopic (exact) mass is 1420 g/mol. The maximum atomic E-state index is 13.1. The van der Waals surface area contributed by atoms with Gasteiger partial charge in [0.15, 0.2) is 12.2 Å². The van der Waals surface area contributed by atoms with E-state index in [0.717, 1.165) is 161 Å². The average Bonchev–Trinajstić information content (AvgIpc) is 0.972. The van der Waals surface area contributed by atoms with Gasteiger partial charge in [-0.25, -0.2) is 9.13 Å². The summed E-state index contributed by atoms with van der Waals surface area (Å²) in [5, 5.41) is 10.6. The van der Waals surface area contributed by atoms with E-state index in [4.69, 9.17) is 37.0 Å². The Labute approximate surface area is 596 Å². The summed E-state index contributed by atoms with van der Waals surface area (Å²) in [6.45, 7) is 4.75. The van der Waals surface area contributed by atoms with Crippen LogP contribution in [0, 0.1) is 0 Å². The molecule has 19 heteroatoms. The van der Waals surface area contributed by atoms with Crippen molar-refractivity contribution in [2.45, 2.75) is 367 Å². The molecule has 0 aliphatic carbocycles. The van der Waals surface area contributed by atoms with Crippen LogP contribution in [0.15, 0.2) is 72.9 Å². The smallest absolute Gasteiger partial charge is 0.462 e. The van der Waals surface area contributed by atoms with E-state index in [9.17, 15) is 43.2 Å². The molecule has 0 saturated carbocycles. The molecule has 0 saturated heterocycles. The third-order valence-corrected chi connectivity index (χ3v) is 18.6. The predicted octanol–water partition coefficient (Wildman–Crippen LogP) is 22.4. The van der Waals surface area contributed by atoms with Crippen LogP contribution in [-0.4, -0.2) is 96.7 Å². The minimum Gasteiger partial charge on any atom is -0.462 e. The van der Waals surface area contributed by atoms with E-state index in [2.05, 4.69) is 101 Å². The molecule has 5 unspecified atom stereocenters. The van der Waals surface area contributed by atoms with Crippen LogP contribution in [-0.2, 0) is 65.4 Å². The van der Waals surface area contributed by atoms with Gasteiger partial charge in [-0.15, -0.1) is 0 Å². The first-order valence-electron chi connectivity index (χ1n) is 39.2. The van der Waals surface area contributed by atoms with E-state index < -0.39 is 97.5 Å². The van der Waals surface area contributed by atoms with E-state index in [-0.39, 0.29) is 25.7 Å². The van der Waals surface area contributed by atoms with Gasteiger partial charge in [0.25, 0.3) is 0 Å². The number of carbonyl (C=O) groups is 4. The maximum Gasteiger partial charge on any atom is 0.472 e. The minimum atomic E-state index is -4.97. The van der Waals surface area contributed by atoms with Crippen molar-refractivity contribution < 1.29 is 80.2 Å². The molecule has 0 aliphatic heterocycles. The Morgan fingerprint density at radius 3 is 0.837 bits per heavy atom. The van der Waals surface area contributed by atoms with Crippen LogP contribution in [0.4, 0.5) is 0 Å². The number of esters is 4. The Bertz CT molecular complexity index is 2140. The average molecular weight is 1430 g/mol. The summed E-state index contributed by atoms with van der Waals surface area (Å²) < 4.78 is 68.5. The van der Waals surface area contributed by atoms with Gasteiger partial charge < -0.3 is 33.8 Å². The Hall–Kier alpha value is -3.50. The molecule has 0 aromatic carbocycles. The molecule has 98 heavy (non-hydrogen) atoms. The molecule has 5 atom stereocenters. The Balaban J connectivity index is 5.29. The lowest BCUT2D eigenvalue weighted by Crippen LogP contribution is -2.30. The second-order valence-corrected chi connectivity index (χ2v) is 29.2. The number of phosphoric acid groups is 2. The summed E-state index contributed by atoms with van der Waals surface area (Å²) in [5.74, 6) is -2.18. The van der Waals surface area contributed by atoms with Crippen molar-refractivity contribution in [3.05, 3.63) is 72.9 Å². The highest BCUT2D eigenvalue weighted by Crippen LogP contribution is 2.45. The van der Waals surface area contributed by atoms with Crippen molar-refractivity contribution in [2.24, 2.45) is 0 Å². The first-order valence-corrected chi connectivity index (χ1v) is 42.2. The second kappa shape index (κ2) is 71.9. The molecule has 0 aromatic rings. The van der Waals surface area contributed by atoms with Crippen LogP contribution in [0.2, 0.25) is 0 Å². The second-order valence-electron chi connectivity index (χ2n) is 26.3. The molecule has 0 aliphatic rings. The van der Waals surface area contributed by atoms with Crippen LogP contribution in [0.3, 0.4) is 0 Å². The Morgan fingerprint density at radius 1 is 0.296 bits per heavy atom. The molecule has 0 fully saturated rings. The van der Waals surface area contributed by atoms with Crippen molar-refractivity contribution >= 4 is 39.5 Å². The van der Waals surface area contributed by atoms with Crippen molar-refractivity contribution in [3.8, 4) is 0 Å². The summed E-state index contributed by atoms with van der Waals surface area (Å²) in [7, 11) is -9.94. The molecule has 0 heterocycles. The number of unbranched alkanes of at least 4 members (excludes halogenated alkanes) is 36. The zero-order chi connectivity index (χ0) is 71.8. The molecule has 3 N–H and O–H groups in total. The third kappa shape index (κ3) is 70.9. The van der Waals surface area contributed by atoms with Crippen molar-refractivity contribution in [2.75, 3.05) is 39.6 Å². The van der Waals surface area contributed by atoms with Crippen molar-refractivity contribution in [1.29, 1.82) is 0 Å². The highest BCUT2D eigenvalue weighted by molar-refractivity contribution is 7.47. The van der Waals surface area contributed by atoms with Gasteiger partial charge in [0, 0.05) is 25.7 Å². The lowest BCUT2D eigenvalue weighted by atomic mass is 10.0. The fourth-order valence-electron chi connectivity index (χ4n) is 10.7. The maximum absolute atomic E-state index is 13.1. The third-order valence-electron chi connectivity index (χ3n) is 16.7. The van der Waals surface area contributed by atoms with E-state index in [1.54, 1.807) is 0 Å². The van der Waals surface area contributed by atoms with Crippen molar-refractivity contribution in [3.63, 3.8) is 0 Å². The zero-order valence-corrected chi connectivity index (χ0v) is 64.0. The molecule has 0 amide bonds. The van der Waals surface area contributed by atoms with Gasteiger partial charge >= 0.3 is 39.5 Å². The fraction of sp³-hybridized carbons (Fsp3) is 0.797. The van der Waals surface area contributed by atoms with Crippen LogP contribution in [0.5, 0.6) is 0 Å². The fourth-order valence-corrected chi connectivity index (χ4v) is 12.3. The van der Waals surface area contributed by atoms with E-state index >= 15 is 0 Å². The SMILES string of the molecule is CC/C=C\C/C=C\C/C=C\C/C=C\CCCCCCCCC(=O)OCC(COP(=O)(O)OCC(O)COP(=O)(O)OCC(COC(=O)CCCCCCC/C=C\C/C=C\CCCCC)OC(=O)CCCCCCCCCCCCC)OC(=O)CCCCCCCCCCCCCCC. The summed E-state index contributed by atoms with van der Waals surface area (Å²) in [4.78, 5) is 72.8. The summed E-state index contributed by atoms with van der Waals surface area (Å²) in [5.41, 5.74) is 0. The summed E-state index contributed by atoms with van der Waals surface area (Å²) in [6, 6.07) is 0. The molecule has 0 radical (unpaired) electrons. The van der Waals surface area contributed by atoms with Gasteiger partial charge in [-0.2, -0.15) is 0 Å². The summed E-state index contributed by atoms with van der Waals surface area (Å²) >= 11 is 0. The number of aliphatic hydroxyl groups is 1. The highest BCUT2D eigenvalue weighted by Gasteiger charge is 2.30. The van der Waals surface area contributed by atoms with Gasteiger partial charge in [0.05, 0.1) is 26.4 Å². The number of carbonyl (C=O) groups excluding carboxylic acids is 4. The van der Waals surface area contributed by atoms with Gasteiger partial charge in [-0.1, -0.05) is 300 Å². The number of rotatable bonds is 74. The summed E-state index contributed by atoms with van der Waals surface area (Å²) in [6.07, 6.45) is 71.7. The molecule has 570 valence electrons. The molecule has 0 aromatic heterocycles. The molecule has 0 spiro atoms. The lowest BCUT2D eigenvalue weighted by molar-refractivity contribution is -0.161. The van der Waals surface area contributed by atoms with Crippen LogP contribution < -0.4 is 0 Å².